The van der Waals surface area contributed by atoms with Crippen molar-refractivity contribution in [2.45, 2.75) is 77.5 Å². The smallest absolute Gasteiger partial charge is 0.410 e. The number of hydrogen-bond acceptors (Lipinski definition) is 9. The van der Waals surface area contributed by atoms with Crippen molar-refractivity contribution in [3.63, 3.8) is 0 Å². The van der Waals surface area contributed by atoms with Crippen LogP contribution in [-0.4, -0.2) is 81.8 Å². The number of fused-ring (bicyclic) bond motifs is 1. The first-order valence-corrected chi connectivity index (χ1v) is 15.9. The fourth-order valence-electron chi connectivity index (χ4n) is 4.75. The van der Waals surface area contributed by atoms with E-state index in [-0.39, 0.29) is 47.9 Å². The molecule has 1 fully saturated rings. The van der Waals surface area contributed by atoms with Gasteiger partial charge in [0.15, 0.2) is 5.65 Å². The molecule has 1 amide bonds. The minimum Gasteiger partial charge on any atom is -0.444 e. The Hall–Kier alpha value is -4.09. The molecule has 252 valence electrons. The first-order chi connectivity index (χ1) is 21.2. The van der Waals surface area contributed by atoms with Gasteiger partial charge in [-0.05, 0) is 46.8 Å². The maximum Gasteiger partial charge on any atom is 0.410 e. The number of hydrogen-bond donors (Lipinski definition) is 2. The van der Waals surface area contributed by atoms with Gasteiger partial charge in [0, 0.05) is 30.6 Å². The highest BCUT2D eigenvalue weighted by Gasteiger charge is 2.33. The zero-order chi connectivity index (χ0) is 34.2. The van der Waals surface area contributed by atoms with Gasteiger partial charge in [-0.2, -0.15) is 18.2 Å². The first kappa shape index (κ1) is 34.8. The summed E-state index contributed by atoms with van der Waals surface area (Å²) < 4.78 is 99.4. The minimum atomic E-state index is -4.72. The topological polar surface area (TPSA) is 148 Å². The van der Waals surface area contributed by atoms with Gasteiger partial charge in [0.2, 0.25) is 16.0 Å². The lowest BCUT2D eigenvalue weighted by atomic mass is 10.0. The summed E-state index contributed by atoms with van der Waals surface area (Å²) in [6.07, 6.45) is -6.94. The van der Waals surface area contributed by atoms with Crippen molar-refractivity contribution in [1.29, 1.82) is 0 Å². The lowest BCUT2D eigenvalue weighted by molar-refractivity contribution is -0.129. The van der Waals surface area contributed by atoms with E-state index in [9.17, 15) is 40.0 Å². The van der Waals surface area contributed by atoms with E-state index in [2.05, 4.69) is 20.3 Å². The zero-order valence-corrected chi connectivity index (χ0v) is 26.5. The third-order valence-electron chi connectivity index (χ3n) is 6.69. The average Bonchev–Trinajstić information content (AvgIpc) is 2.91. The van der Waals surface area contributed by atoms with Crippen LogP contribution in [0, 0.1) is 5.82 Å². The van der Waals surface area contributed by atoms with E-state index < -0.39 is 75.4 Å². The van der Waals surface area contributed by atoms with Gasteiger partial charge in [0.25, 0.3) is 5.56 Å². The standard InChI is InChI=1S/C28H34F5N7O5S/c1-15(2)40-23-21(12-34-25(37-23)35-18-11-17(29)13-39(14-18)26(42)45-27(3,4)5)36-22(24(40)41)16-6-7-20(19(30)10-16)38-46(43,44)9-8-28(31,32)33/h6-7,10,12,15,17-18,38H,8-9,11,13-14H2,1-5H3,(H,34,35,37)/t17-,18-/m0/s1. The number of nitrogens with one attached hydrogen (secondary N) is 2. The highest BCUT2D eigenvalue weighted by molar-refractivity contribution is 7.92. The van der Waals surface area contributed by atoms with E-state index >= 15 is 0 Å². The van der Waals surface area contributed by atoms with Crippen molar-refractivity contribution in [2.75, 3.05) is 28.9 Å². The van der Waals surface area contributed by atoms with Crippen LogP contribution in [-0.2, 0) is 14.8 Å². The molecule has 46 heavy (non-hydrogen) atoms. The molecular formula is C28H34F5N7O5S. The molecule has 18 heteroatoms. The van der Waals surface area contributed by atoms with Crippen molar-refractivity contribution >= 4 is 38.9 Å². The van der Waals surface area contributed by atoms with E-state index in [1.54, 1.807) is 39.3 Å². The summed E-state index contributed by atoms with van der Waals surface area (Å²) in [6.45, 7) is 8.50. The summed E-state index contributed by atoms with van der Waals surface area (Å²) in [5.74, 6) is -2.38. The van der Waals surface area contributed by atoms with Crippen molar-refractivity contribution in [3.05, 3.63) is 40.6 Å². The molecule has 0 aliphatic carbocycles. The Labute approximate surface area is 261 Å². The minimum absolute atomic E-state index is 0.0299. The van der Waals surface area contributed by atoms with Crippen molar-refractivity contribution in [2.24, 2.45) is 0 Å². The Bertz CT molecular complexity index is 1780. The highest BCUT2D eigenvalue weighted by atomic mass is 32.2. The molecule has 2 aromatic heterocycles. The molecule has 0 saturated carbocycles. The van der Waals surface area contributed by atoms with Crippen LogP contribution >= 0.6 is 0 Å². The van der Waals surface area contributed by atoms with E-state index in [1.807, 2.05) is 0 Å². The molecule has 1 aromatic carbocycles. The molecule has 3 aromatic rings. The van der Waals surface area contributed by atoms with Crippen LogP contribution < -0.4 is 15.6 Å². The number of rotatable bonds is 8. The van der Waals surface area contributed by atoms with E-state index in [0.29, 0.717) is 0 Å². The third kappa shape index (κ3) is 8.79. The van der Waals surface area contributed by atoms with Gasteiger partial charge in [-0.3, -0.25) is 14.1 Å². The fraction of sp³-hybridized carbons (Fsp3) is 0.536. The van der Waals surface area contributed by atoms with E-state index in [0.717, 1.165) is 12.1 Å². The fourth-order valence-corrected chi connectivity index (χ4v) is 5.85. The van der Waals surface area contributed by atoms with Gasteiger partial charge in [-0.25, -0.2) is 32.0 Å². The zero-order valence-electron chi connectivity index (χ0n) is 25.7. The number of piperidine rings is 1. The molecule has 0 radical (unpaired) electrons. The Morgan fingerprint density at radius 2 is 1.85 bits per heavy atom. The summed E-state index contributed by atoms with van der Waals surface area (Å²) in [6, 6.07) is 1.97. The second kappa shape index (κ2) is 13.0. The number of amides is 1. The van der Waals surface area contributed by atoms with Gasteiger partial charge in [0.05, 0.1) is 30.6 Å². The normalized spacial score (nSPS) is 17.8. The summed E-state index contributed by atoms with van der Waals surface area (Å²) in [4.78, 5) is 40.4. The number of anilines is 2. The summed E-state index contributed by atoms with van der Waals surface area (Å²) in [5.41, 5.74) is -2.00. The number of ether oxygens (including phenoxy) is 1. The van der Waals surface area contributed by atoms with Crippen molar-refractivity contribution in [1.82, 2.24) is 24.4 Å². The Kier molecular flexibility index (Phi) is 9.80. The molecule has 2 atom stereocenters. The van der Waals surface area contributed by atoms with Crippen LogP contribution in [0.15, 0.2) is 29.2 Å². The molecular weight excluding hydrogens is 641 g/mol. The second-order valence-corrected chi connectivity index (χ2v) is 14.0. The number of sulfonamides is 1. The van der Waals surface area contributed by atoms with Crippen LogP contribution in [0.5, 0.6) is 0 Å². The molecule has 12 nitrogen and oxygen atoms in total. The van der Waals surface area contributed by atoms with Gasteiger partial charge < -0.3 is 15.0 Å². The van der Waals surface area contributed by atoms with E-state index in [4.69, 9.17) is 4.74 Å². The second-order valence-electron chi connectivity index (χ2n) is 12.2. The number of alkyl halides is 4. The molecule has 1 saturated heterocycles. The molecule has 1 aliphatic heterocycles. The predicted molar refractivity (Wildman–Crippen MR) is 160 cm³/mol. The van der Waals surface area contributed by atoms with Gasteiger partial charge in [0.1, 0.15) is 28.8 Å². The van der Waals surface area contributed by atoms with E-state index in [1.165, 1.54) is 21.7 Å². The molecule has 3 heterocycles. The SMILES string of the molecule is CC(C)n1c(=O)c(-c2ccc(NS(=O)(=O)CCC(F)(F)F)c(F)c2)nc2cnc(N[C@H]3C[C@H](F)CN(C(=O)OC(C)(C)C)C3)nc21. The van der Waals surface area contributed by atoms with Gasteiger partial charge >= 0.3 is 12.3 Å². The highest BCUT2D eigenvalue weighted by Crippen LogP contribution is 2.26. The Morgan fingerprint density at radius 3 is 2.46 bits per heavy atom. The lowest BCUT2D eigenvalue weighted by Crippen LogP contribution is -2.51. The summed E-state index contributed by atoms with van der Waals surface area (Å²) in [5, 5.41) is 3.01. The van der Waals surface area contributed by atoms with Crippen LogP contribution in [0.4, 0.5) is 38.4 Å². The van der Waals surface area contributed by atoms with Crippen LogP contribution in [0.25, 0.3) is 22.4 Å². The van der Waals surface area contributed by atoms with Crippen LogP contribution in [0.3, 0.4) is 0 Å². The maximum atomic E-state index is 14.9. The summed E-state index contributed by atoms with van der Waals surface area (Å²) >= 11 is 0. The number of benzene rings is 1. The van der Waals surface area contributed by atoms with Crippen LogP contribution in [0.2, 0.25) is 0 Å². The Balaban J connectivity index is 1.61. The Morgan fingerprint density at radius 1 is 1.15 bits per heavy atom. The largest absolute Gasteiger partial charge is 0.444 e. The maximum absolute atomic E-state index is 14.9. The number of carbonyl (C=O) groups is 1. The molecule has 0 bridgehead atoms. The molecule has 2 N–H and O–H groups in total. The number of nitrogens with zero attached hydrogens (tertiary/aromatic N) is 5. The monoisotopic (exact) mass is 675 g/mol. The number of likely N-dealkylation sites (tertiary alicyclic amines) is 1. The quantitative estimate of drug-likeness (QED) is 0.314. The third-order valence-corrected chi connectivity index (χ3v) is 7.97. The molecule has 4 rings (SSSR count). The van der Waals surface area contributed by atoms with Gasteiger partial charge in [-0.15, -0.1) is 0 Å². The molecule has 1 aliphatic rings. The number of carbonyl (C=O) groups excluding carboxylic acids is 1. The van der Waals surface area contributed by atoms with Crippen LogP contribution in [0.1, 0.15) is 53.5 Å². The first-order valence-electron chi connectivity index (χ1n) is 14.3. The van der Waals surface area contributed by atoms with Crippen molar-refractivity contribution in [3.8, 4) is 11.3 Å². The average molecular weight is 676 g/mol. The predicted octanol–water partition coefficient (Wildman–Crippen LogP) is 5.03. The molecule has 0 spiro atoms. The number of aromatic nitrogens is 4. The number of halogens is 5. The lowest BCUT2D eigenvalue weighted by Gasteiger charge is -2.36. The van der Waals surface area contributed by atoms with Crippen molar-refractivity contribution < 1.29 is 39.9 Å². The summed E-state index contributed by atoms with van der Waals surface area (Å²) in [7, 11) is -4.52. The molecule has 0 unspecified atom stereocenters. The van der Waals surface area contributed by atoms with Gasteiger partial charge in [-0.1, -0.05) is 6.07 Å².